The van der Waals surface area contributed by atoms with E-state index < -0.39 is 22.0 Å². The summed E-state index contributed by atoms with van der Waals surface area (Å²) in [4.78, 5) is 25.0. The van der Waals surface area contributed by atoms with E-state index in [9.17, 15) is 18.0 Å². The molecule has 0 aliphatic rings. The Hall–Kier alpha value is -1.71. The second kappa shape index (κ2) is 6.19. The molecule has 1 amide bonds. The highest BCUT2D eigenvalue weighted by Crippen LogP contribution is 2.19. The zero-order chi connectivity index (χ0) is 16.5. The Morgan fingerprint density at radius 3 is 2.68 bits per heavy atom. The number of benzene rings is 1. The van der Waals surface area contributed by atoms with Crippen LogP contribution in [-0.4, -0.2) is 25.4 Å². The highest BCUT2D eigenvalue weighted by Gasteiger charge is 2.25. The van der Waals surface area contributed by atoms with Gasteiger partial charge in [0.2, 0.25) is 15.9 Å². The van der Waals surface area contributed by atoms with E-state index in [2.05, 4.69) is 9.71 Å². The van der Waals surface area contributed by atoms with E-state index in [1.807, 2.05) is 13.8 Å². The zero-order valence-corrected chi connectivity index (χ0v) is 13.8. The summed E-state index contributed by atoms with van der Waals surface area (Å²) in [5, 5.41) is 0. The molecular weight excluding hydrogens is 326 g/mol. The molecule has 0 spiro atoms. The van der Waals surface area contributed by atoms with Crippen molar-refractivity contribution in [3.8, 4) is 0 Å². The first-order chi connectivity index (χ1) is 10.2. The maximum atomic E-state index is 12.4. The molecule has 1 aromatic carbocycles. The Bertz CT molecular complexity index is 852. The van der Waals surface area contributed by atoms with E-state index in [0.29, 0.717) is 16.6 Å². The summed E-state index contributed by atoms with van der Waals surface area (Å²) in [6, 6.07) is 3.33. The number of carbonyl (C=O) groups is 1. The van der Waals surface area contributed by atoms with Crippen molar-refractivity contribution in [2.24, 2.45) is 11.7 Å². The minimum Gasteiger partial charge on any atom is -0.368 e. The van der Waals surface area contributed by atoms with E-state index in [1.165, 1.54) is 12.1 Å². The van der Waals surface area contributed by atoms with Gasteiger partial charge in [0.25, 0.3) is 0 Å². The van der Waals surface area contributed by atoms with Gasteiger partial charge in [-0.25, -0.2) is 8.42 Å². The van der Waals surface area contributed by atoms with Gasteiger partial charge in [0.05, 0.1) is 15.1 Å². The number of aromatic amines is 1. The van der Waals surface area contributed by atoms with Crippen molar-refractivity contribution in [2.45, 2.75) is 31.2 Å². The molecule has 1 aromatic heterocycles. The number of fused-ring (bicyclic) bond motifs is 1. The van der Waals surface area contributed by atoms with E-state index in [-0.39, 0.29) is 15.7 Å². The van der Waals surface area contributed by atoms with Gasteiger partial charge in [-0.1, -0.05) is 25.2 Å². The fourth-order valence-electron chi connectivity index (χ4n) is 2.05. The van der Waals surface area contributed by atoms with Crippen LogP contribution < -0.4 is 15.3 Å². The van der Waals surface area contributed by atoms with Gasteiger partial charge in [0.15, 0.2) is 0 Å². The lowest BCUT2D eigenvalue weighted by atomic mass is 10.0. The van der Waals surface area contributed by atoms with Crippen LogP contribution in [-0.2, 0) is 14.8 Å². The van der Waals surface area contributed by atoms with Crippen molar-refractivity contribution < 1.29 is 13.2 Å². The number of hydrogen-bond donors (Lipinski definition) is 3. The molecule has 0 saturated heterocycles. The van der Waals surface area contributed by atoms with Crippen LogP contribution in [0.15, 0.2) is 27.9 Å². The third-order valence-corrected chi connectivity index (χ3v) is 5.38. The largest absolute Gasteiger partial charge is 0.368 e. The first-order valence-corrected chi connectivity index (χ1v) is 8.93. The van der Waals surface area contributed by atoms with Gasteiger partial charge in [-0.15, -0.1) is 0 Å². The fourth-order valence-corrected chi connectivity index (χ4v) is 4.01. The number of aromatic nitrogens is 1. The summed E-state index contributed by atoms with van der Waals surface area (Å²) >= 11 is 0.998. The summed E-state index contributed by atoms with van der Waals surface area (Å²) in [6.07, 6.45) is 0.312. The van der Waals surface area contributed by atoms with Crippen LogP contribution in [0, 0.1) is 5.92 Å². The SMILES string of the molecule is CC(C)C[C@H](NS(=O)(=O)c1ccc2sc(=O)[nH]c2c1)C(N)=O. The van der Waals surface area contributed by atoms with E-state index in [1.54, 1.807) is 6.07 Å². The fraction of sp³-hybridized carbons (Fsp3) is 0.385. The number of carbonyl (C=O) groups excluding carboxylic acids is 1. The quantitative estimate of drug-likeness (QED) is 0.717. The molecule has 0 saturated carbocycles. The molecule has 1 atom stereocenters. The van der Waals surface area contributed by atoms with Crippen LogP contribution in [0.4, 0.5) is 0 Å². The molecule has 0 radical (unpaired) electrons. The molecule has 4 N–H and O–H groups in total. The maximum Gasteiger partial charge on any atom is 0.305 e. The number of nitrogens with one attached hydrogen (secondary N) is 2. The Morgan fingerprint density at radius 2 is 2.09 bits per heavy atom. The number of rotatable bonds is 6. The van der Waals surface area contributed by atoms with Crippen LogP contribution in [0.25, 0.3) is 10.2 Å². The summed E-state index contributed by atoms with van der Waals surface area (Å²) in [5.41, 5.74) is 5.69. The number of sulfonamides is 1. The summed E-state index contributed by atoms with van der Waals surface area (Å²) < 4.78 is 27.7. The molecular formula is C13H17N3O4S2. The van der Waals surface area contributed by atoms with Gasteiger partial charge >= 0.3 is 4.87 Å². The minimum atomic E-state index is -3.90. The van der Waals surface area contributed by atoms with Crippen molar-refractivity contribution in [3.05, 3.63) is 27.9 Å². The number of nitrogens with two attached hydrogens (primary N) is 1. The molecule has 2 aromatic rings. The second-order valence-corrected chi connectivity index (χ2v) is 8.11. The summed E-state index contributed by atoms with van der Waals surface area (Å²) in [7, 11) is -3.90. The Balaban J connectivity index is 2.34. The molecule has 120 valence electrons. The number of amides is 1. The molecule has 0 aliphatic heterocycles. The molecule has 7 nitrogen and oxygen atoms in total. The monoisotopic (exact) mass is 343 g/mol. The molecule has 1 heterocycles. The van der Waals surface area contributed by atoms with Crippen molar-refractivity contribution in [1.29, 1.82) is 0 Å². The third-order valence-electron chi connectivity index (χ3n) is 3.05. The molecule has 9 heteroatoms. The normalized spacial score (nSPS) is 13.6. The van der Waals surface area contributed by atoms with Crippen molar-refractivity contribution in [2.75, 3.05) is 0 Å². The van der Waals surface area contributed by atoms with Crippen LogP contribution >= 0.6 is 11.3 Å². The lowest BCUT2D eigenvalue weighted by molar-refractivity contribution is -0.119. The zero-order valence-electron chi connectivity index (χ0n) is 12.1. The third kappa shape index (κ3) is 3.73. The van der Waals surface area contributed by atoms with E-state index in [0.717, 1.165) is 11.3 Å². The Morgan fingerprint density at radius 1 is 1.41 bits per heavy atom. The van der Waals surface area contributed by atoms with Gasteiger partial charge < -0.3 is 10.7 Å². The van der Waals surface area contributed by atoms with E-state index in [4.69, 9.17) is 5.73 Å². The maximum absolute atomic E-state index is 12.4. The minimum absolute atomic E-state index is 0.0240. The number of primary amides is 1. The lowest BCUT2D eigenvalue weighted by Crippen LogP contribution is -2.45. The first-order valence-electron chi connectivity index (χ1n) is 6.63. The van der Waals surface area contributed by atoms with Gasteiger partial charge in [-0.2, -0.15) is 4.72 Å². The van der Waals surface area contributed by atoms with Gasteiger partial charge in [-0.05, 0) is 30.5 Å². The van der Waals surface area contributed by atoms with E-state index >= 15 is 0 Å². The second-order valence-electron chi connectivity index (χ2n) is 5.38. The number of H-pyrrole nitrogens is 1. The van der Waals surface area contributed by atoms with Crippen molar-refractivity contribution in [1.82, 2.24) is 9.71 Å². The van der Waals surface area contributed by atoms with Crippen LogP contribution in [0.5, 0.6) is 0 Å². The predicted octanol–water partition coefficient (Wildman–Crippen LogP) is 0.768. The first kappa shape index (κ1) is 16.7. The Kier molecular flexibility index (Phi) is 4.69. The lowest BCUT2D eigenvalue weighted by Gasteiger charge is -2.17. The summed E-state index contributed by atoms with van der Waals surface area (Å²) in [6.45, 7) is 3.73. The predicted molar refractivity (Wildman–Crippen MR) is 85.2 cm³/mol. The highest BCUT2D eigenvalue weighted by molar-refractivity contribution is 7.89. The highest BCUT2D eigenvalue weighted by atomic mass is 32.2. The van der Waals surface area contributed by atoms with Crippen LogP contribution in [0.3, 0.4) is 0 Å². The van der Waals surface area contributed by atoms with Gasteiger partial charge in [0, 0.05) is 0 Å². The topological polar surface area (TPSA) is 122 Å². The number of thiazole rings is 1. The molecule has 0 fully saturated rings. The van der Waals surface area contributed by atoms with Crippen molar-refractivity contribution >= 4 is 37.5 Å². The molecule has 2 rings (SSSR count). The van der Waals surface area contributed by atoms with Crippen LogP contribution in [0.1, 0.15) is 20.3 Å². The standard InChI is InChI=1S/C13H17N3O4S2/c1-7(2)5-10(12(14)17)16-22(19,20)8-3-4-11-9(6-8)15-13(18)21-11/h3-4,6-7,10,16H,5H2,1-2H3,(H2,14,17)(H,15,18)/t10-/m0/s1. The molecule has 0 unspecified atom stereocenters. The van der Waals surface area contributed by atoms with Crippen molar-refractivity contribution in [3.63, 3.8) is 0 Å². The van der Waals surface area contributed by atoms with Gasteiger partial charge in [0.1, 0.15) is 6.04 Å². The molecule has 0 bridgehead atoms. The average molecular weight is 343 g/mol. The van der Waals surface area contributed by atoms with Gasteiger partial charge in [-0.3, -0.25) is 9.59 Å². The average Bonchev–Trinajstić information content (AvgIpc) is 2.75. The smallest absolute Gasteiger partial charge is 0.305 e. The summed E-state index contributed by atoms with van der Waals surface area (Å²) in [5.74, 6) is -0.613. The molecule has 22 heavy (non-hydrogen) atoms. The number of hydrogen-bond acceptors (Lipinski definition) is 5. The van der Waals surface area contributed by atoms with Crippen LogP contribution in [0.2, 0.25) is 0 Å². The molecule has 0 aliphatic carbocycles. The Labute approximate surface area is 131 Å².